The van der Waals surface area contributed by atoms with Crippen molar-refractivity contribution in [2.45, 2.75) is 58.1 Å². The summed E-state index contributed by atoms with van der Waals surface area (Å²) in [6.45, 7) is 10.8. The topological polar surface area (TPSA) is 58.9 Å². The summed E-state index contributed by atoms with van der Waals surface area (Å²) in [5.41, 5.74) is 2.75. The molecule has 0 N–H and O–H groups in total. The maximum absolute atomic E-state index is 12.8. The van der Waals surface area contributed by atoms with Crippen molar-refractivity contribution < 1.29 is 9.59 Å². The van der Waals surface area contributed by atoms with Crippen LogP contribution in [0.5, 0.6) is 0 Å². The molecule has 1 aromatic heterocycles. The van der Waals surface area contributed by atoms with E-state index in [0.29, 0.717) is 23.9 Å². The Bertz CT molecular complexity index is 873. The second kappa shape index (κ2) is 8.07. The molecule has 7 heteroatoms. The van der Waals surface area contributed by atoms with E-state index in [-0.39, 0.29) is 22.4 Å². The van der Waals surface area contributed by atoms with E-state index in [4.69, 9.17) is 4.99 Å². The van der Waals surface area contributed by atoms with Gasteiger partial charge in [0.2, 0.25) is 0 Å². The standard InChI is InChI=1S/C21H28N2O2S3/c1-20(2,3)15(25)11-27-19-22-8-7-13(23-19)17-12-9-21(4,5)10-14(24)16(12)18(26-6)28-17/h7-11H2,1-6H3. The SMILES string of the molecule is CSc1sc(C2=NC(SCC(=O)C(C)(C)C)=NCC2)c2c1C(=O)CC(C)(C)C2. The lowest BCUT2D eigenvalue weighted by atomic mass is 9.74. The van der Waals surface area contributed by atoms with E-state index in [0.717, 1.165) is 33.2 Å². The number of aliphatic imine (C=N–C) groups is 2. The Hall–Kier alpha value is -0.920. The van der Waals surface area contributed by atoms with Gasteiger partial charge < -0.3 is 0 Å². The minimum atomic E-state index is -0.346. The van der Waals surface area contributed by atoms with Crippen LogP contribution in [0.1, 0.15) is 68.3 Å². The molecule has 4 nitrogen and oxygen atoms in total. The molecule has 1 aliphatic carbocycles. The van der Waals surface area contributed by atoms with Gasteiger partial charge in [0.25, 0.3) is 0 Å². The van der Waals surface area contributed by atoms with Crippen LogP contribution in [0.3, 0.4) is 0 Å². The first-order chi connectivity index (χ1) is 13.0. The van der Waals surface area contributed by atoms with Crippen molar-refractivity contribution in [2.75, 3.05) is 18.6 Å². The van der Waals surface area contributed by atoms with E-state index < -0.39 is 0 Å². The van der Waals surface area contributed by atoms with Crippen molar-refractivity contribution in [3.8, 4) is 0 Å². The van der Waals surface area contributed by atoms with Crippen LogP contribution in [-0.2, 0) is 11.2 Å². The summed E-state index contributed by atoms with van der Waals surface area (Å²) in [6, 6.07) is 0. The third-order valence-electron chi connectivity index (χ3n) is 4.99. The van der Waals surface area contributed by atoms with E-state index in [2.05, 4.69) is 18.8 Å². The fourth-order valence-electron chi connectivity index (χ4n) is 3.39. The molecular formula is C21H28N2O2S3. The van der Waals surface area contributed by atoms with Crippen LogP contribution in [0.25, 0.3) is 0 Å². The number of carbonyl (C=O) groups is 2. The Morgan fingerprint density at radius 3 is 2.61 bits per heavy atom. The van der Waals surface area contributed by atoms with Gasteiger partial charge in [0.1, 0.15) is 5.78 Å². The quantitative estimate of drug-likeness (QED) is 0.583. The smallest absolute Gasteiger partial charge is 0.183 e. The Morgan fingerprint density at radius 2 is 1.96 bits per heavy atom. The summed E-state index contributed by atoms with van der Waals surface area (Å²) in [5.74, 6) is 0.852. The predicted molar refractivity (Wildman–Crippen MR) is 123 cm³/mol. The minimum Gasteiger partial charge on any atom is -0.298 e. The summed E-state index contributed by atoms with van der Waals surface area (Å²) in [4.78, 5) is 35.5. The Labute approximate surface area is 180 Å². The normalized spacial score (nSPS) is 19.1. The van der Waals surface area contributed by atoms with Crippen LogP contribution in [0.2, 0.25) is 0 Å². The van der Waals surface area contributed by atoms with E-state index in [1.165, 1.54) is 17.3 Å². The second-order valence-electron chi connectivity index (χ2n) is 9.15. The highest BCUT2D eigenvalue weighted by atomic mass is 32.2. The lowest BCUT2D eigenvalue weighted by Crippen LogP contribution is -2.27. The molecule has 1 aliphatic heterocycles. The molecule has 1 aromatic rings. The molecule has 28 heavy (non-hydrogen) atoms. The lowest BCUT2D eigenvalue weighted by molar-refractivity contribution is -0.123. The molecule has 3 rings (SSSR count). The second-order valence-corrected chi connectivity index (χ2v) is 12.2. The van der Waals surface area contributed by atoms with Crippen molar-refractivity contribution in [1.29, 1.82) is 0 Å². The van der Waals surface area contributed by atoms with Crippen LogP contribution in [-0.4, -0.2) is 41.0 Å². The van der Waals surface area contributed by atoms with Gasteiger partial charge in [-0.15, -0.1) is 23.1 Å². The number of amidine groups is 1. The Morgan fingerprint density at radius 1 is 1.25 bits per heavy atom. The molecule has 0 bridgehead atoms. The first kappa shape index (κ1) is 21.8. The van der Waals surface area contributed by atoms with Gasteiger partial charge in [-0.05, 0) is 23.7 Å². The van der Waals surface area contributed by atoms with Crippen LogP contribution in [0, 0.1) is 10.8 Å². The highest BCUT2D eigenvalue weighted by molar-refractivity contribution is 8.14. The van der Waals surface area contributed by atoms with Gasteiger partial charge >= 0.3 is 0 Å². The molecule has 0 spiro atoms. The molecule has 152 valence electrons. The molecule has 0 fully saturated rings. The fraction of sp³-hybridized carbons (Fsp3) is 0.619. The maximum Gasteiger partial charge on any atom is 0.183 e. The van der Waals surface area contributed by atoms with Crippen LogP contribution >= 0.6 is 34.9 Å². The van der Waals surface area contributed by atoms with E-state index in [1.807, 2.05) is 27.0 Å². The average molecular weight is 437 g/mol. The molecule has 2 aliphatic rings. The van der Waals surface area contributed by atoms with E-state index in [1.54, 1.807) is 23.1 Å². The third-order valence-corrected chi connectivity index (χ3v) is 8.28. The number of hydrogen-bond acceptors (Lipinski definition) is 7. The molecule has 0 saturated heterocycles. The van der Waals surface area contributed by atoms with Crippen LogP contribution in [0.4, 0.5) is 0 Å². The number of carbonyl (C=O) groups excluding carboxylic acids is 2. The molecular weight excluding hydrogens is 408 g/mol. The van der Waals surface area contributed by atoms with Gasteiger partial charge in [0, 0.05) is 30.4 Å². The molecule has 0 unspecified atom stereocenters. The molecule has 2 heterocycles. The van der Waals surface area contributed by atoms with Crippen molar-refractivity contribution in [2.24, 2.45) is 20.8 Å². The molecule has 0 radical (unpaired) electrons. The Balaban J connectivity index is 1.90. The number of hydrogen-bond donors (Lipinski definition) is 0. The van der Waals surface area contributed by atoms with Gasteiger partial charge in [-0.2, -0.15) is 0 Å². The summed E-state index contributed by atoms with van der Waals surface area (Å²) in [5, 5.41) is 0.688. The zero-order valence-corrected chi connectivity index (χ0v) is 19.9. The Kier molecular flexibility index (Phi) is 6.28. The highest BCUT2D eigenvalue weighted by Gasteiger charge is 2.37. The zero-order chi connectivity index (χ0) is 20.7. The van der Waals surface area contributed by atoms with Gasteiger partial charge in [-0.1, -0.05) is 46.4 Å². The lowest BCUT2D eigenvalue weighted by Gasteiger charge is -2.29. The number of rotatable bonds is 4. The summed E-state index contributed by atoms with van der Waals surface area (Å²) >= 11 is 4.78. The van der Waals surface area contributed by atoms with Crippen LogP contribution in [0.15, 0.2) is 14.2 Å². The van der Waals surface area contributed by atoms with Crippen molar-refractivity contribution in [3.63, 3.8) is 0 Å². The fourth-order valence-corrected chi connectivity index (χ4v) is 6.55. The number of fused-ring (bicyclic) bond motifs is 1. The third kappa shape index (κ3) is 4.62. The van der Waals surface area contributed by atoms with Crippen molar-refractivity contribution in [1.82, 2.24) is 0 Å². The molecule has 0 atom stereocenters. The van der Waals surface area contributed by atoms with E-state index in [9.17, 15) is 9.59 Å². The van der Waals surface area contributed by atoms with Crippen LogP contribution < -0.4 is 0 Å². The maximum atomic E-state index is 12.8. The number of nitrogens with zero attached hydrogens (tertiary/aromatic N) is 2. The molecule has 0 saturated carbocycles. The number of thioether (sulfide) groups is 2. The van der Waals surface area contributed by atoms with Crippen molar-refractivity contribution in [3.05, 3.63) is 16.0 Å². The number of thiophene rings is 1. The van der Waals surface area contributed by atoms with Gasteiger partial charge in [-0.3, -0.25) is 14.6 Å². The minimum absolute atomic E-state index is 0.0182. The van der Waals surface area contributed by atoms with Gasteiger partial charge in [0.15, 0.2) is 11.0 Å². The average Bonchev–Trinajstić information content (AvgIpc) is 2.96. The summed E-state index contributed by atoms with van der Waals surface area (Å²) in [6.07, 6.45) is 4.33. The highest BCUT2D eigenvalue weighted by Crippen LogP contribution is 2.45. The molecule has 0 aromatic carbocycles. The van der Waals surface area contributed by atoms with E-state index >= 15 is 0 Å². The summed E-state index contributed by atoms with van der Waals surface area (Å²) < 4.78 is 1.10. The largest absolute Gasteiger partial charge is 0.298 e. The zero-order valence-electron chi connectivity index (χ0n) is 17.5. The predicted octanol–water partition coefficient (Wildman–Crippen LogP) is 5.52. The first-order valence-electron chi connectivity index (χ1n) is 9.53. The van der Waals surface area contributed by atoms with Crippen molar-refractivity contribution >= 4 is 57.3 Å². The molecule has 0 amide bonds. The summed E-state index contributed by atoms with van der Waals surface area (Å²) in [7, 11) is 0. The number of ketones is 2. The van der Waals surface area contributed by atoms with Gasteiger partial charge in [0.05, 0.1) is 20.6 Å². The van der Waals surface area contributed by atoms with Gasteiger partial charge in [-0.25, -0.2) is 4.99 Å². The first-order valence-corrected chi connectivity index (χ1v) is 12.6. The monoisotopic (exact) mass is 436 g/mol. The number of Topliss-reactive ketones (excluding diaryl/α,β-unsaturated/α-hetero) is 2.